The number of esters is 1. The first-order chi connectivity index (χ1) is 11.6. The Labute approximate surface area is 137 Å². The second-order valence-corrected chi connectivity index (χ2v) is 6.01. The van der Waals surface area contributed by atoms with Gasteiger partial charge in [0.15, 0.2) is 11.9 Å². The number of benzene rings is 1. The maximum atomic E-state index is 12.3. The molecule has 4 rings (SSSR count). The van der Waals surface area contributed by atoms with Crippen LogP contribution in [0, 0.1) is 5.92 Å². The van der Waals surface area contributed by atoms with Crippen molar-refractivity contribution in [1.82, 2.24) is 9.97 Å². The minimum absolute atomic E-state index is 0.0864. The van der Waals surface area contributed by atoms with E-state index in [9.17, 15) is 9.59 Å². The summed E-state index contributed by atoms with van der Waals surface area (Å²) in [5.41, 5.74) is 0.345. The van der Waals surface area contributed by atoms with Gasteiger partial charge in [-0.25, -0.2) is 4.98 Å². The Bertz CT molecular complexity index is 945. The van der Waals surface area contributed by atoms with Gasteiger partial charge in [-0.05, 0) is 37.6 Å². The standard InChI is InChI=1S/C18H16N2O4/c1-10(16-19-14-6-3-2-5-11(14)17(21)20-16)24-18(22)13-9-12(13)15-7-4-8-23-15/h2-8,10,12-13H,9H2,1H3,(H,19,20,21)/t10-,12-,13-/m0/s1. The minimum atomic E-state index is -0.618. The van der Waals surface area contributed by atoms with Crippen molar-refractivity contribution in [2.24, 2.45) is 5.92 Å². The van der Waals surface area contributed by atoms with Gasteiger partial charge in [-0.3, -0.25) is 9.59 Å². The third-order valence-corrected chi connectivity index (χ3v) is 4.31. The van der Waals surface area contributed by atoms with Crippen LogP contribution in [-0.2, 0) is 9.53 Å². The van der Waals surface area contributed by atoms with Crippen LogP contribution < -0.4 is 5.56 Å². The number of H-pyrrole nitrogens is 1. The predicted octanol–water partition coefficient (Wildman–Crippen LogP) is 2.92. The van der Waals surface area contributed by atoms with Crippen LogP contribution in [-0.4, -0.2) is 15.9 Å². The van der Waals surface area contributed by atoms with E-state index < -0.39 is 6.10 Å². The lowest BCUT2D eigenvalue weighted by molar-refractivity contribution is -0.150. The van der Waals surface area contributed by atoms with Gasteiger partial charge < -0.3 is 14.1 Å². The Morgan fingerprint density at radius 3 is 2.96 bits per heavy atom. The Kier molecular flexibility index (Phi) is 3.45. The molecule has 1 fully saturated rings. The molecule has 0 bridgehead atoms. The fourth-order valence-corrected chi connectivity index (χ4v) is 2.89. The summed E-state index contributed by atoms with van der Waals surface area (Å²) in [6.45, 7) is 1.70. The van der Waals surface area contributed by atoms with E-state index >= 15 is 0 Å². The minimum Gasteiger partial charge on any atom is -0.469 e. The molecule has 1 aromatic carbocycles. The van der Waals surface area contributed by atoms with Crippen molar-refractivity contribution in [2.75, 3.05) is 0 Å². The predicted molar refractivity (Wildman–Crippen MR) is 86.4 cm³/mol. The molecule has 24 heavy (non-hydrogen) atoms. The van der Waals surface area contributed by atoms with E-state index in [1.165, 1.54) is 0 Å². The molecule has 6 nitrogen and oxygen atoms in total. The zero-order chi connectivity index (χ0) is 16.7. The van der Waals surface area contributed by atoms with E-state index in [0.717, 1.165) is 12.2 Å². The van der Waals surface area contributed by atoms with Gasteiger partial charge in [-0.15, -0.1) is 0 Å². The molecule has 0 radical (unpaired) electrons. The van der Waals surface area contributed by atoms with Crippen LogP contribution in [0.4, 0.5) is 0 Å². The van der Waals surface area contributed by atoms with Gasteiger partial charge in [0.25, 0.3) is 5.56 Å². The monoisotopic (exact) mass is 324 g/mol. The summed E-state index contributed by atoms with van der Waals surface area (Å²) in [6.07, 6.45) is 1.70. The lowest BCUT2D eigenvalue weighted by Crippen LogP contribution is -2.18. The number of nitrogens with one attached hydrogen (secondary N) is 1. The average molecular weight is 324 g/mol. The number of carbonyl (C=O) groups excluding carboxylic acids is 1. The van der Waals surface area contributed by atoms with Crippen LogP contribution in [0.2, 0.25) is 0 Å². The van der Waals surface area contributed by atoms with E-state index in [2.05, 4.69) is 9.97 Å². The summed E-state index contributed by atoms with van der Waals surface area (Å²) >= 11 is 0. The van der Waals surface area contributed by atoms with Crippen molar-refractivity contribution in [3.8, 4) is 0 Å². The van der Waals surface area contributed by atoms with Crippen LogP contribution in [0.5, 0.6) is 0 Å². The fourth-order valence-electron chi connectivity index (χ4n) is 2.89. The first-order valence-electron chi connectivity index (χ1n) is 7.86. The van der Waals surface area contributed by atoms with Crippen molar-refractivity contribution in [2.45, 2.75) is 25.4 Å². The van der Waals surface area contributed by atoms with Crippen molar-refractivity contribution in [3.05, 3.63) is 64.6 Å². The lowest BCUT2D eigenvalue weighted by atomic mass is 10.2. The smallest absolute Gasteiger partial charge is 0.310 e. The van der Waals surface area contributed by atoms with Crippen LogP contribution >= 0.6 is 0 Å². The molecule has 122 valence electrons. The molecule has 0 spiro atoms. The van der Waals surface area contributed by atoms with Crippen molar-refractivity contribution >= 4 is 16.9 Å². The number of nitrogens with zero attached hydrogens (tertiary/aromatic N) is 1. The molecule has 1 N–H and O–H groups in total. The second-order valence-electron chi connectivity index (χ2n) is 6.01. The highest BCUT2D eigenvalue weighted by molar-refractivity contribution is 5.78. The van der Waals surface area contributed by atoms with Gasteiger partial charge in [0.05, 0.1) is 23.1 Å². The maximum Gasteiger partial charge on any atom is 0.310 e. The molecule has 2 heterocycles. The topological polar surface area (TPSA) is 85.2 Å². The Morgan fingerprint density at radius 1 is 1.33 bits per heavy atom. The molecule has 3 aromatic rings. The molecular weight excluding hydrogens is 308 g/mol. The molecule has 1 saturated carbocycles. The number of aromatic nitrogens is 2. The molecule has 0 saturated heterocycles. The third-order valence-electron chi connectivity index (χ3n) is 4.31. The molecular formula is C18H16N2O4. The largest absolute Gasteiger partial charge is 0.469 e. The highest BCUT2D eigenvalue weighted by Crippen LogP contribution is 2.48. The number of furan rings is 1. The Hall–Kier alpha value is -2.89. The third kappa shape index (κ3) is 2.60. The van der Waals surface area contributed by atoms with Gasteiger partial charge in [-0.1, -0.05) is 12.1 Å². The van der Waals surface area contributed by atoms with Crippen molar-refractivity contribution in [1.29, 1.82) is 0 Å². The highest BCUT2D eigenvalue weighted by Gasteiger charge is 2.47. The molecule has 2 aromatic heterocycles. The van der Waals surface area contributed by atoms with Crippen LogP contribution in [0.3, 0.4) is 0 Å². The number of ether oxygens (including phenoxy) is 1. The van der Waals surface area contributed by atoms with Gasteiger partial charge >= 0.3 is 5.97 Å². The van der Waals surface area contributed by atoms with Crippen molar-refractivity contribution < 1.29 is 13.9 Å². The molecule has 0 aliphatic heterocycles. The summed E-state index contributed by atoms with van der Waals surface area (Å²) in [4.78, 5) is 31.4. The first kappa shape index (κ1) is 14.7. The van der Waals surface area contributed by atoms with Crippen LogP contribution in [0.1, 0.15) is 37.0 Å². The molecule has 0 amide bonds. The Morgan fingerprint density at radius 2 is 2.17 bits per heavy atom. The fraction of sp³-hybridized carbons (Fsp3) is 0.278. The summed E-state index contributed by atoms with van der Waals surface area (Å²) in [7, 11) is 0. The molecule has 3 atom stereocenters. The van der Waals surface area contributed by atoms with Gasteiger partial charge in [0.2, 0.25) is 0 Å². The number of fused-ring (bicyclic) bond motifs is 1. The van der Waals surface area contributed by atoms with Crippen LogP contribution in [0.25, 0.3) is 10.9 Å². The molecule has 6 heteroatoms. The van der Waals surface area contributed by atoms with E-state index in [4.69, 9.17) is 9.15 Å². The maximum absolute atomic E-state index is 12.3. The van der Waals surface area contributed by atoms with E-state index in [0.29, 0.717) is 16.7 Å². The first-order valence-corrected chi connectivity index (χ1v) is 7.86. The lowest BCUT2D eigenvalue weighted by Gasteiger charge is -2.13. The van der Waals surface area contributed by atoms with E-state index in [1.54, 1.807) is 31.4 Å². The molecule has 1 aliphatic rings. The van der Waals surface area contributed by atoms with Gasteiger partial charge in [0.1, 0.15) is 5.76 Å². The molecule has 0 unspecified atom stereocenters. The summed E-state index contributed by atoms with van der Waals surface area (Å²) < 4.78 is 10.8. The SMILES string of the molecule is C[C@H](OC(=O)[C@H]1C[C@@H]1c1ccco1)c1nc2ccccc2c(=O)[nH]1. The van der Waals surface area contributed by atoms with E-state index in [1.807, 2.05) is 18.2 Å². The number of rotatable bonds is 4. The number of aromatic amines is 1. The van der Waals surface area contributed by atoms with Crippen LogP contribution in [0.15, 0.2) is 51.9 Å². The average Bonchev–Trinajstić information content (AvgIpc) is 3.20. The van der Waals surface area contributed by atoms with Gasteiger partial charge in [-0.2, -0.15) is 0 Å². The highest BCUT2D eigenvalue weighted by atomic mass is 16.5. The Balaban J connectivity index is 1.49. The van der Waals surface area contributed by atoms with E-state index in [-0.39, 0.29) is 23.4 Å². The normalized spacial score (nSPS) is 20.7. The number of hydrogen-bond acceptors (Lipinski definition) is 5. The number of para-hydroxylation sites is 1. The zero-order valence-corrected chi connectivity index (χ0v) is 13.1. The quantitative estimate of drug-likeness (QED) is 0.746. The summed E-state index contributed by atoms with van der Waals surface area (Å²) in [5.74, 6) is 0.762. The number of hydrogen-bond donors (Lipinski definition) is 1. The summed E-state index contributed by atoms with van der Waals surface area (Å²) in [5, 5.41) is 0.514. The second kappa shape index (κ2) is 5.63. The summed E-state index contributed by atoms with van der Waals surface area (Å²) in [6, 6.07) is 10.7. The zero-order valence-electron chi connectivity index (χ0n) is 13.1. The number of carbonyl (C=O) groups is 1. The van der Waals surface area contributed by atoms with Crippen molar-refractivity contribution in [3.63, 3.8) is 0 Å². The van der Waals surface area contributed by atoms with Gasteiger partial charge in [0, 0.05) is 5.92 Å². The molecule has 1 aliphatic carbocycles.